The van der Waals surface area contributed by atoms with Crippen molar-refractivity contribution in [2.75, 3.05) is 30.7 Å². The first-order valence-electron chi connectivity index (χ1n) is 9.86. The molecule has 9 heteroatoms. The van der Waals surface area contributed by atoms with E-state index in [-0.39, 0.29) is 16.7 Å². The number of amides is 1. The lowest BCUT2D eigenvalue weighted by Crippen LogP contribution is -2.38. The number of carbonyl (C=O) groups excluding carboxylic acids is 1. The van der Waals surface area contributed by atoms with E-state index in [9.17, 15) is 13.2 Å². The zero-order valence-electron chi connectivity index (χ0n) is 16.6. The molecule has 30 heavy (non-hydrogen) atoms. The molecule has 0 spiro atoms. The Bertz CT molecular complexity index is 960. The average molecular weight is 468 g/mol. The lowest BCUT2D eigenvalue weighted by molar-refractivity contribution is -0.121. The van der Waals surface area contributed by atoms with Crippen LogP contribution in [0.1, 0.15) is 19.3 Å². The third kappa shape index (κ3) is 6.72. The summed E-state index contributed by atoms with van der Waals surface area (Å²) in [5, 5.41) is 8.76. The van der Waals surface area contributed by atoms with Crippen LogP contribution in [0.15, 0.2) is 58.3 Å². The highest BCUT2D eigenvalue weighted by Gasteiger charge is 2.24. The van der Waals surface area contributed by atoms with Crippen molar-refractivity contribution >= 4 is 45.0 Å². The normalized spacial score (nSPS) is 15.8. The van der Waals surface area contributed by atoms with Crippen molar-refractivity contribution in [2.45, 2.75) is 29.1 Å². The lowest BCUT2D eigenvalue weighted by Gasteiger charge is -2.31. The standard InChI is InChI=1S/C21H26ClN3O3S2/c22-19-4-1-2-5-20(19)29-15-3-12-25-13-10-16(11-14-25)21(26)24-17-6-8-18(9-7-17)30(23,27)28/h1-2,4-9,16H,3,10-15H2,(H,24,26)(H2,23,27,28). The van der Waals surface area contributed by atoms with Crippen molar-refractivity contribution in [3.8, 4) is 0 Å². The summed E-state index contributed by atoms with van der Waals surface area (Å²) >= 11 is 7.96. The number of piperidine rings is 1. The highest BCUT2D eigenvalue weighted by Crippen LogP contribution is 2.27. The van der Waals surface area contributed by atoms with Crippen LogP contribution in [-0.2, 0) is 14.8 Å². The molecule has 3 N–H and O–H groups in total. The van der Waals surface area contributed by atoms with Gasteiger partial charge in [-0.2, -0.15) is 0 Å². The second kappa shape index (κ2) is 10.6. The number of hydrogen-bond acceptors (Lipinski definition) is 5. The van der Waals surface area contributed by atoms with Gasteiger partial charge in [-0.1, -0.05) is 23.7 Å². The van der Waals surface area contributed by atoms with Gasteiger partial charge in [-0.05, 0) is 81.0 Å². The van der Waals surface area contributed by atoms with E-state index >= 15 is 0 Å². The summed E-state index contributed by atoms with van der Waals surface area (Å²) in [4.78, 5) is 16.1. The van der Waals surface area contributed by atoms with Crippen LogP contribution >= 0.6 is 23.4 Å². The highest BCUT2D eigenvalue weighted by atomic mass is 35.5. The molecule has 1 aliphatic heterocycles. The molecule has 162 valence electrons. The van der Waals surface area contributed by atoms with Crippen LogP contribution in [0.25, 0.3) is 0 Å². The molecule has 0 atom stereocenters. The number of halogens is 1. The molecule has 1 saturated heterocycles. The summed E-state index contributed by atoms with van der Waals surface area (Å²) in [6.45, 7) is 2.82. The van der Waals surface area contributed by atoms with E-state index in [1.54, 1.807) is 23.9 Å². The fourth-order valence-corrected chi connectivity index (χ4v) is 5.11. The molecule has 1 heterocycles. The Morgan fingerprint density at radius 1 is 1.13 bits per heavy atom. The minimum Gasteiger partial charge on any atom is -0.326 e. The number of benzene rings is 2. The molecule has 2 aromatic rings. The molecular formula is C21H26ClN3O3S2. The summed E-state index contributed by atoms with van der Waals surface area (Å²) in [6, 6.07) is 13.8. The molecule has 1 aliphatic rings. The molecule has 3 rings (SSSR count). The van der Waals surface area contributed by atoms with Crippen molar-refractivity contribution in [1.29, 1.82) is 0 Å². The Kier molecular flexibility index (Phi) is 8.19. The van der Waals surface area contributed by atoms with Crippen LogP contribution in [0.5, 0.6) is 0 Å². The second-order valence-electron chi connectivity index (χ2n) is 7.31. The van der Waals surface area contributed by atoms with E-state index in [0.29, 0.717) is 5.69 Å². The maximum atomic E-state index is 12.5. The van der Waals surface area contributed by atoms with Gasteiger partial charge in [0.25, 0.3) is 0 Å². The average Bonchev–Trinajstić information content (AvgIpc) is 2.72. The molecule has 1 fully saturated rings. The number of carbonyl (C=O) groups is 1. The molecular weight excluding hydrogens is 442 g/mol. The Balaban J connectivity index is 1.37. The summed E-state index contributed by atoms with van der Waals surface area (Å²) < 4.78 is 22.6. The monoisotopic (exact) mass is 467 g/mol. The molecule has 0 aliphatic carbocycles. The van der Waals surface area contributed by atoms with Gasteiger partial charge in [0.1, 0.15) is 0 Å². The quantitative estimate of drug-likeness (QED) is 0.454. The Labute approximate surface area is 187 Å². The maximum Gasteiger partial charge on any atom is 0.238 e. The Morgan fingerprint density at radius 3 is 2.43 bits per heavy atom. The van der Waals surface area contributed by atoms with Crippen LogP contribution in [0.2, 0.25) is 5.02 Å². The fraction of sp³-hybridized carbons (Fsp3) is 0.381. The molecule has 0 unspecified atom stereocenters. The van der Waals surface area contributed by atoms with E-state index < -0.39 is 10.0 Å². The van der Waals surface area contributed by atoms with E-state index in [1.165, 1.54) is 12.1 Å². The number of anilines is 1. The highest BCUT2D eigenvalue weighted by molar-refractivity contribution is 7.99. The number of nitrogens with one attached hydrogen (secondary N) is 1. The molecule has 1 amide bonds. The van der Waals surface area contributed by atoms with Gasteiger partial charge in [0.15, 0.2) is 0 Å². The van der Waals surface area contributed by atoms with Crippen molar-refractivity contribution in [3.05, 3.63) is 53.6 Å². The summed E-state index contributed by atoms with van der Waals surface area (Å²) in [5.74, 6) is 0.961. The number of primary sulfonamides is 1. The first kappa shape index (κ1) is 23.1. The van der Waals surface area contributed by atoms with E-state index in [1.807, 2.05) is 24.3 Å². The van der Waals surface area contributed by atoms with E-state index in [2.05, 4.69) is 10.2 Å². The van der Waals surface area contributed by atoms with Gasteiger partial charge < -0.3 is 10.2 Å². The largest absolute Gasteiger partial charge is 0.326 e. The van der Waals surface area contributed by atoms with Crippen LogP contribution in [0, 0.1) is 5.92 Å². The summed E-state index contributed by atoms with van der Waals surface area (Å²) in [7, 11) is -3.73. The van der Waals surface area contributed by atoms with E-state index in [0.717, 1.165) is 54.6 Å². The Hall–Kier alpha value is -1.58. The fourth-order valence-electron chi connectivity index (χ4n) is 3.42. The van der Waals surface area contributed by atoms with Crippen molar-refractivity contribution < 1.29 is 13.2 Å². The zero-order valence-corrected chi connectivity index (χ0v) is 19.0. The molecule has 0 radical (unpaired) electrons. The minimum absolute atomic E-state index is 0.0210. The van der Waals surface area contributed by atoms with Crippen molar-refractivity contribution in [3.63, 3.8) is 0 Å². The van der Waals surface area contributed by atoms with Gasteiger partial charge in [0.05, 0.1) is 9.92 Å². The van der Waals surface area contributed by atoms with Gasteiger partial charge >= 0.3 is 0 Å². The van der Waals surface area contributed by atoms with Crippen molar-refractivity contribution in [2.24, 2.45) is 11.1 Å². The molecule has 0 saturated carbocycles. The van der Waals surface area contributed by atoms with Gasteiger partial charge in [-0.3, -0.25) is 4.79 Å². The van der Waals surface area contributed by atoms with Crippen LogP contribution in [0.4, 0.5) is 5.69 Å². The van der Waals surface area contributed by atoms with Crippen LogP contribution in [0.3, 0.4) is 0 Å². The molecule has 6 nitrogen and oxygen atoms in total. The maximum absolute atomic E-state index is 12.5. The zero-order chi connectivity index (χ0) is 21.6. The minimum atomic E-state index is -3.73. The third-order valence-corrected chi connectivity index (χ3v) is 7.65. The first-order chi connectivity index (χ1) is 14.3. The SMILES string of the molecule is NS(=O)(=O)c1ccc(NC(=O)C2CCN(CCCSc3ccccc3Cl)CC2)cc1. The lowest BCUT2D eigenvalue weighted by atomic mass is 9.95. The first-order valence-corrected chi connectivity index (χ1v) is 12.8. The predicted octanol–water partition coefficient (Wildman–Crippen LogP) is 3.82. The number of rotatable bonds is 8. The smallest absolute Gasteiger partial charge is 0.238 e. The number of sulfonamides is 1. The molecule has 0 aromatic heterocycles. The van der Waals surface area contributed by atoms with Gasteiger partial charge in [-0.25, -0.2) is 13.6 Å². The number of thioether (sulfide) groups is 1. The number of hydrogen-bond donors (Lipinski definition) is 2. The molecule has 0 bridgehead atoms. The molecule has 2 aromatic carbocycles. The Morgan fingerprint density at radius 2 is 1.80 bits per heavy atom. The number of nitrogens with two attached hydrogens (primary N) is 1. The predicted molar refractivity (Wildman–Crippen MR) is 122 cm³/mol. The second-order valence-corrected chi connectivity index (χ2v) is 10.4. The number of nitrogens with zero attached hydrogens (tertiary/aromatic N) is 1. The topological polar surface area (TPSA) is 92.5 Å². The summed E-state index contributed by atoms with van der Waals surface area (Å²) in [6.07, 6.45) is 2.71. The summed E-state index contributed by atoms with van der Waals surface area (Å²) in [5.41, 5.74) is 0.575. The van der Waals surface area contributed by atoms with Crippen LogP contribution in [-0.4, -0.2) is 44.6 Å². The van der Waals surface area contributed by atoms with Crippen LogP contribution < -0.4 is 10.5 Å². The van der Waals surface area contributed by atoms with E-state index in [4.69, 9.17) is 16.7 Å². The van der Waals surface area contributed by atoms with Gasteiger partial charge in [-0.15, -0.1) is 11.8 Å². The third-order valence-electron chi connectivity index (χ3n) is 5.12. The van der Waals surface area contributed by atoms with Crippen molar-refractivity contribution in [1.82, 2.24) is 4.90 Å². The van der Waals surface area contributed by atoms with Gasteiger partial charge in [0.2, 0.25) is 15.9 Å². The van der Waals surface area contributed by atoms with Gasteiger partial charge in [0, 0.05) is 16.5 Å². The number of likely N-dealkylation sites (tertiary alicyclic amines) is 1.